The molecule has 1 saturated heterocycles. The van der Waals surface area contributed by atoms with Gasteiger partial charge in [0.15, 0.2) is 16.4 Å². The molecular weight excluding hydrogens is 467 g/mol. The third-order valence-electron chi connectivity index (χ3n) is 5.35. The average Bonchev–Trinajstić information content (AvgIpc) is 3.31. The Morgan fingerprint density at radius 1 is 1.26 bits per heavy atom. The van der Waals surface area contributed by atoms with Crippen LogP contribution in [0.5, 0.6) is 0 Å². The second-order valence-electron chi connectivity index (χ2n) is 8.50. The number of hydrogen-bond donors (Lipinski definition) is 2. The summed E-state index contributed by atoms with van der Waals surface area (Å²) in [5.74, 6) is -3.10. The van der Waals surface area contributed by atoms with E-state index >= 15 is 0 Å². The van der Waals surface area contributed by atoms with Gasteiger partial charge >= 0.3 is 5.97 Å². The van der Waals surface area contributed by atoms with Crippen LogP contribution in [0.2, 0.25) is 0 Å². The number of rotatable bonds is 8. The van der Waals surface area contributed by atoms with E-state index in [9.17, 15) is 27.2 Å². The quantitative estimate of drug-likeness (QED) is 0.532. The number of carbonyl (C=O) groups is 3. The number of amides is 2. The molecule has 2 amide bonds. The van der Waals surface area contributed by atoms with Crippen LogP contribution in [0.3, 0.4) is 0 Å². The highest BCUT2D eigenvalue weighted by molar-refractivity contribution is 7.91. The number of aryl methyl sites for hydroxylation is 1. The number of esters is 1. The van der Waals surface area contributed by atoms with Gasteiger partial charge in [-0.3, -0.25) is 9.59 Å². The fraction of sp³-hybridized carbons (Fsp3) is 0.455. The molecule has 12 heteroatoms. The van der Waals surface area contributed by atoms with Gasteiger partial charge in [0.05, 0.1) is 28.8 Å². The van der Waals surface area contributed by atoms with Crippen LogP contribution in [0.25, 0.3) is 0 Å². The number of aromatic nitrogens is 2. The van der Waals surface area contributed by atoms with Crippen molar-refractivity contribution < 1.29 is 31.9 Å². The molecule has 1 fully saturated rings. The molecule has 3 rings (SSSR count). The van der Waals surface area contributed by atoms with Gasteiger partial charge in [0.1, 0.15) is 17.7 Å². The van der Waals surface area contributed by atoms with Crippen LogP contribution in [0.15, 0.2) is 30.3 Å². The van der Waals surface area contributed by atoms with Crippen LogP contribution < -0.4 is 10.6 Å². The van der Waals surface area contributed by atoms with Crippen molar-refractivity contribution in [2.24, 2.45) is 5.92 Å². The number of benzene rings is 1. The van der Waals surface area contributed by atoms with Crippen molar-refractivity contribution in [2.45, 2.75) is 39.3 Å². The lowest BCUT2D eigenvalue weighted by Crippen LogP contribution is -2.46. The Balaban J connectivity index is 1.60. The Labute approximate surface area is 196 Å². The van der Waals surface area contributed by atoms with Crippen LogP contribution in [-0.2, 0) is 24.2 Å². The lowest BCUT2D eigenvalue weighted by atomic mass is 10.0. The summed E-state index contributed by atoms with van der Waals surface area (Å²) < 4.78 is 44.0. The van der Waals surface area contributed by atoms with E-state index < -0.39 is 52.1 Å². The van der Waals surface area contributed by atoms with Gasteiger partial charge in [-0.25, -0.2) is 22.3 Å². The van der Waals surface area contributed by atoms with Gasteiger partial charge < -0.3 is 15.4 Å². The third kappa shape index (κ3) is 6.19. The first-order chi connectivity index (χ1) is 16.0. The molecule has 0 bridgehead atoms. The van der Waals surface area contributed by atoms with Gasteiger partial charge in [0, 0.05) is 6.07 Å². The molecule has 34 heavy (non-hydrogen) atoms. The lowest BCUT2D eigenvalue weighted by molar-refractivity contribution is -0.150. The summed E-state index contributed by atoms with van der Waals surface area (Å²) in [7, 11) is -3.15. The number of nitrogens with zero attached hydrogens (tertiary/aromatic N) is 2. The maximum absolute atomic E-state index is 13.9. The molecule has 2 N–H and O–H groups in total. The highest BCUT2D eigenvalue weighted by atomic mass is 32.2. The predicted octanol–water partition coefficient (Wildman–Crippen LogP) is 1.63. The number of anilines is 1. The molecule has 0 radical (unpaired) electrons. The topological polar surface area (TPSA) is 136 Å². The number of hydrogen-bond acceptors (Lipinski definition) is 7. The van der Waals surface area contributed by atoms with Crippen molar-refractivity contribution in [2.75, 3.05) is 23.4 Å². The summed E-state index contributed by atoms with van der Waals surface area (Å²) in [6, 6.07) is 5.47. The van der Waals surface area contributed by atoms with Crippen molar-refractivity contribution in [3.63, 3.8) is 0 Å². The minimum absolute atomic E-state index is 0.0523. The number of nitrogens with one attached hydrogen (secondary N) is 2. The molecule has 1 unspecified atom stereocenters. The molecule has 0 aliphatic carbocycles. The van der Waals surface area contributed by atoms with Crippen LogP contribution in [-0.4, -0.2) is 60.1 Å². The number of sulfone groups is 1. The molecule has 1 aromatic heterocycles. The zero-order chi connectivity index (χ0) is 25.0. The molecule has 2 aromatic rings. The van der Waals surface area contributed by atoms with Gasteiger partial charge in [-0.15, -0.1) is 0 Å². The van der Waals surface area contributed by atoms with Gasteiger partial charge in [-0.1, -0.05) is 26.0 Å². The monoisotopic (exact) mass is 494 g/mol. The van der Waals surface area contributed by atoms with E-state index in [1.165, 1.54) is 22.9 Å². The fourth-order valence-corrected chi connectivity index (χ4v) is 5.32. The van der Waals surface area contributed by atoms with Crippen LogP contribution in [0, 0.1) is 18.7 Å². The third-order valence-corrected chi connectivity index (χ3v) is 7.10. The smallest absolute Gasteiger partial charge is 0.329 e. The molecule has 184 valence electrons. The lowest BCUT2D eigenvalue weighted by Gasteiger charge is -2.21. The Morgan fingerprint density at radius 2 is 1.97 bits per heavy atom. The first-order valence-electron chi connectivity index (χ1n) is 10.8. The van der Waals surface area contributed by atoms with Crippen molar-refractivity contribution in [3.8, 4) is 0 Å². The normalized spacial score (nSPS) is 17.9. The van der Waals surface area contributed by atoms with Crippen molar-refractivity contribution in [3.05, 3.63) is 47.4 Å². The molecule has 2 atom stereocenters. The Kier molecular flexibility index (Phi) is 7.70. The van der Waals surface area contributed by atoms with Crippen molar-refractivity contribution in [1.29, 1.82) is 0 Å². The second-order valence-corrected chi connectivity index (χ2v) is 10.7. The molecule has 0 saturated carbocycles. The van der Waals surface area contributed by atoms with Gasteiger partial charge in [-0.2, -0.15) is 5.10 Å². The first kappa shape index (κ1) is 25.3. The molecule has 10 nitrogen and oxygen atoms in total. The van der Waals surface area contributed by atoms with E-state index in [0.717, 1.165) is 6.07 Å². The van der Waals surface area contributed by atoms with Gasteiger partial charge in [0.25, 0.3) is 11.8 Å². The summed E-state index contributed by atoms with van der Waals surface area (Å²) in [5, 5.41) is 9.31. The van der Waals surface area contributed by atoms with Crippen LogP contribution in [0.4, 0.5) is 10.2 Å². The summed E-state index contributed by atoms with van der Waals surface area (Å²) in [4.78, 5) is 37.4. The first-order valence-corrected chi connectivity index (χ1v) is 12.6. The largest absolute Gasteiger partial charge is 0.454 e. The minimum atomic E-state index is -3.15. The zero-order valence-corrected chi connectivity index (χ0v) is 19.9. The average molecular weight is 495 g/mol. The maximum atomic E-state index is 13.9. The fourth-order valence-electron chi connectivity index (χ4n) is 3.62. The molecule has 2 heterocycles. The molecule has 1 aromatic carbocycles. The van der Waals surface area contributed by atoms with E-state index in [2.05, 4.69) is 15.7 Å². The summed E-state index contributed by atoms with van der Waals surface area (Å²) in [6.45, 7) is 4.42. The Bertz CT molecular complexity index is 1190. The number of carbonyl (C=O) groups excluding carboxylic acids is 3. The van der Waals surface area contributed by atoms with E-state index in [1.807, 2.05) is 0 Å². The van der Waals surface area contributed by atoms with Crippen LogP contribution >= 0.6 is 0 Å². The summed E-state index contributed by atoms with van der Waals surface area (Å²) in [6.07, 6.45) is 0.388. The highest BCUT2D eigenvalue weighted by Gasteiger charge is 2.32. The molecule has 0 spiro atoms. The van der Waals surface area contributed by atoms with Crippen LogP contribution in [0.1, 0.15) is 42.4 Å². The van der Waals surface area contributed by atoms with E-state index in [4.69, 9.17) is 4.74 Å². The molecular formula is C22H27FN4O6S. The number of halogens is 1. The van der Waals surface area contributed by atoms with Gasteiger partial charge in [0.2, 0.25) is 0 Å². The summed E-state index contributed by atoms with van der Waals surface area (Å²) in [5.41, 5.74) is 0.378. The minimum Gasteiger partial charge on any atom is -0.454 e. The zero-order valence-electron chi connectivity index (χ0n) is 19.1. The van der Waals surface area contributed by atoms with E-state index in [-0.39, 0.29) is 23.0 Å². The van der Waals surface area contributed by atoms with Gasteiger partial charge in [-0.05, 0) is 31.4 Å². The Hall–Kier alpha value is -3.28. The number of ether oxygens (including phenoxy) is 1. The van der Waals surface area contributed by atoms with Crippen molar-refractivity contribution >= 4 is 33.4 Å². The molecule has 1 aliphatic heterocycles. The second kappa shape index (κ2) is 10.3. The SMILES string of the molecule is Cc1cc(NC(=O)COC(=O)[C@@H](NC(=O)c2ccccc2F)C(C)C)n(C2CCS(=O)(=O)C2)n1. The summed E-state index contributed by atoms with van der Waals surface area (Å²) >= 11 is 0. The highest BCUT2D eigenvalue weighted by Crippen LogP contribution is 2.27. The molecule has 1 aliphatic rings. The Morgan fingerprint density at radius 3 is 2.59 bits per heavy atom. The standard InChI is InChI=1S/C22H27FN4O6S/c1-13(2)20(25-21(29)16-6-4-5-7-17(16)23)22(30)33-11-19(28)24-18-10-14(3)26-27(18)15-8-9-34(31,32)12-15/h4-7,10,13,15,20H,8-9,11-12H2,1-3H3,(H,24,28)(H,25,29)/t15?,20-/m0/s1. The van der Waals surface area contributed by atoms with E-state index in [1.54, 1.807) is 26.8 Å². The maximum Gasteiger partial charge on any atom is 0.329 e. The van der Waals surface area contributed by atoms with E-state index in [0.29, 0.717) is 17.9 Å². The van der Waals surface area contributed by atoms with Crippen molar-refractivity contribution in [1.82, 2.24) is 15.1 Å². The predicted molar refractivity (Wildman–Crippen MR) is 121 cm³/mol.